The minimum absolute atomic E-state index is 0.000874. The molecule has 0 radical (unpaired) electrons. The molecule has 1 aliphatic carbocycles. The second-order valence-corrected chi connectivity index (χ2v) is 14.2. The lowest BCUT2D eigenvalue weighted by atomic mass is 10.0. The average molecular weight is 695 g/mol. The average Bonchev–Trinajstić information content (AvgIpc) is 3.59. The van der Waals surface area contributed by atoms with Crippen LogP contribution in [0.25, 0.3) is 0 Å². The van der Waals surface area contributed by atoms with Crippen molar-refractivity contribution in [1.82, 2.24) is 10.2 Å². The molecular formula is C36H37Cl2N3O5S. The van der Waals surface area contributed by atoms with Gasteiger partial charge in [0.2, 0.25) is 11.8 Å². The Kier molecular flexibility index (Phi) is 11.4. The molecule has 0 heterocycles. The number of rotatable bonds is 13. The van der Waals surface area contributed by atoms with Crippen molar-refractivity contribution in [3.05, 3.63) is 124 Å². The lowest BCUT2D eigenvalue weighted by Crippen LogP contribution is -2.54. The molecule has 1 N–H and O–H groups in total. The maximum Gasteiger partial charge on any atom is 0.264 e. The number of anilines is 1. The van der Waals surface area contributed by atoms with Gasteiger partial charge in [0.15, 0.2) is 0 Å². The summed E-state index contributed by atoms with van der Waals surface area (Å²) in [5.41, 5.74) is 1.73. The summed E-state index contributed by atoms with van der Waals surface area (Å²) < 4.78 is 34.6. The van der Waals surface area contributed by atoms with Crippen LogP contribution in [0.5, 0.6) is 5.75 Å². The van der Waals surface area contributed by atoms with E-state index in [9.17, 15) is 18.0 Å². The fourth-order valence-corrected chi connectivity index (χ4v) is 7.70. The van der Waals surface area contributed by atoms with E-state index in [-0.39, 0.29) is 40.5 Å². The zero-order valence-electron chi connectivity index (χ0n) is 26.0. The fourth-order valence-electron chi connectivity index (χ4n) is 5.81. The summed E-state index contributed by atoms with van der Waals surface area (Å²) in [5.74, 6) is -0.507. The molecule has 1 atom stereocenters. The van der Waals surface area contributed by atoms with Gasteiger partial charge in [0.25, 0.3) is 10.0 Å². The van der Waals surface area contributed by atoms with Crippen molar-refractivity contribution in [2.75, 3.05) is 18.0 Å². The number of ether oxygens (including phenoxy) is 1. The van der Waals surface area contributed by atoms with Crippen molar-refractivity contribution in [1.29, 1.82) is 0 Å². The molecule has 47 heavy (non-hydrogen) atoms. The van der Waals surface area contributed by atoms with E-state index < -0.39 is 28.5 Å². The summed E-state index contributed by atoms with van der Waals surface area (Å²) in [5, 5.41) is 3.83. The third kappa shape index (κ3) is 8.66. The molecule has 1 aliphatic rings. The number of sulfonamides is 1. The van der Waals surface area contributed by atoms with Crippen LogP contribution in [0, 0.1) is 0 Å². The van der Waals surface area contributed by atoms with Crippen molar-refractivity contribution in [2.45, 2.75) is 55.6 Å². The zero-order valence-corrected chi connectivity index (χ0v) is 28.3. The minimum Gasteiger partial charge on any atom is -0.495 e. The molecule has 4 aromatic carbocycles. The number of benzene rings is 4. The van der Waals surface area contributed by atoms with Crippen LogP contribution in [0.2, 0.25) is 10.0 Å². The first-order valence-electron chi connectivity index (χ1n) is 15.5. The van der Waals surface area contributed by atoms with Gasteiger partial charge in [-0.15, -0.1) is 0 Å². The second kappa shape index (κ2) is 15.7. The Hall–Kier alpha value is -4.05. The van der Waals surface area contributed by atoms with E-state index in [0.717, 1.165) is 35.6 Å². The van der Waals surface area contributed by atoms with Gasteiger partial charge >= 0.3 is 0 Å². The Labute approximate surface area is 286 Å². The molecule has 0 unspecified atom stereocenters. The number of hydrogen-bond acceptors (Lipinski definition) is 5. The monoisotopic (exact) mass is 693 g/mol. The smallest absolute Gasteiger partial charge is 0.264 e. The van der Waals surface area contributed by atoms with Gasteiger partial charge in [-0.3, -0.25) is 13.9 Å². The minimum atomic E-state index is -4.26. The topological polar surface area (TPSA) is 96.0 Å². The largest absolute Gasteiger partial charge is 0.495 e. The SMILES string of the molecule is COc1ccc(N(CC(=O)N(Cc2cccc(Cl)c2)[C@H](Cc2ccccc2)C(=O)NC2CCCC2)S(=O)(=O)c2ccccc2)cc1Cl. The predicted octanol–water partition coefficient (Wildman–Crippen LogP) is 6.90. The van der Waals surface area contributed by atoms with Gasteiger partial charge < -0.3 is 15.0 Å². The lowest BCUT2D eigenvalue weighted by molar-refractivity contribution is -0.140. The molecule has 4 aromatic rings. The molecule has 0 aliphatic heterocycles. The highest BCUT2D eigenvalue weighted by atomic mass is 35.5. The standard InChI is InChI=1S/C36H37Cl2N3O5S/c1-46-34-20-19-30(23-32(34)38)41(47(44,45)31-17-6-3-7-18-31)25-35(42)40(24-27-13-10-14-28(37)21-27)33(22-26-11-4-2-5-12-26)36(43)39-29-15-8-9-16-29/h2-7,10-14,17-21,23,29,33H,8-9,15-16,22,24-25H2,1H3,(H,39,43)/t33-/m1/s1. The Morgan fingerprint density at radius 1 is 0.872 bits per heavy atom. The van der Waals surface area contributed by atoms with E-state index >= 15 is 0 Å². The van der Waals surface area contributed by atoms with Gasteiger partial charge in [0.05, 0.1) is 22.7 Å². The molecule has 2 amide bonds. The number of hydrogen-bond donors (Lipinski definition) is 1. The van der Waals surface area contributed by atoms with Gasteiger partial charge in [-0.1, -0.05) is 96.7 Å². The highest BCUT2D eigenvalue weighted by molar-refractivity contribution is 7.92. The van der Waals surface area contributed by atoms with E-state index in [1.165, 1.54) is 36.3 Å². The summed E-state index contributed by atoms with van der Waals surface area (Å²) in [7, 11) is -2.80. The zero-order chi connectivity index (χ0) is 33.4. The molecule has 11 heteroatoms. The third-order valence-corrected chi connectivity index (χ3v) is 10.6. The number of halogens is 2. The van der Waals surface area contributed by atoms with E-state index in [4.69, 9.17) is 27.9 Å². The van der Waals surface area contributed by atoms with Gasteiger partial charge in [-0.2, -0.15) is 0 Å². The van der Waals surface area contributed by atoms with Crippen molar-refractivity contribution >= 4 is 50.7 Å². The first kappa shape index (κ1) is 34.3. The maximum absolute atomic E-state index is 14.6. The van der Waals surface area contributed by atoms with Gasteiger partial charge in [0, 0.05) is 24.0 Å². The normalized spacial score (nSPS) is 13.9. The molecule has 0 saturated heterocycles. The molecule has 0 aromatic heterocycles. The van der Waals surface area contributed by atoms with Crippen LogP contribution in [-0.2, 0) is 32.6 Å². The number of nitrogens with one attached hydrogen (secondary N) is 1. The Morgan fingerprint density at radius 2 is 1.53 bits per heavy atom. The van der Waals surface area contributed by atoms with Gasteiger partial charge in [0.1, 0.15) is 18.3 Å². The van der Waals surface area contributed by atoms with E-state index in [2.05, 4.69) is 5.32 Å². The molecule has 0 spiro atoms. The summed E-state index contributed by atoms with van der Waals surface area (Å²) in [6.45, 7) is -0.569. The Balaban J connectivity index is 1.58. The molecule has 0 bridgehead atoms. The van der Waals surface area contributed by atoms with Crippen LogP contribution in [0.15, 0.2) is 108 Å². The van der Waals surface area contributed by atoms with Crippen LogP contribution in [0.3, 0.4) is 0 Å². The molecular weight excluding hydrogens is 657 g/mol. The maximum atomic E-state index is 14.6. The second-order valence-electron chi connectivity index (χ2n) is 11.5. The van der Waals surface area contributed by atoms with Crippen molar-refractivity contribution < 1.29 is 22.7 Å². The van der Waals surface area contributed by atoms with Crippen LogP contribution in [0.4, 0.5) is 5.69 Å². The van der Waals surface area contributed by atoms with Gasteiger partial charge in [-0.05, 0) is 66.4 Å². The molecule has 5 rings (SSSR count). The fraction of sp³-hybridized carbons (Fsp3) is 0.278. The Morgan fingerprint density at radius 3 is 2.17 bits per heavy atom. The first-order chi connectivity index (χ1) is 22.7. The van der Waals surface area contributed by atoms with Crippen molar-refractivity contribution in [3.63, 3.8) is 0 Å². The summed E-state index contributed by atoms with van der Waals surface area (Å²) in [6.07, 6.45) is 4.01. The Bertz CT molecular complexity index is 1790. The van der Waals surface area contributed by atoms with Crippen LogP contribution in [0.1, 0.15) is 36.8 Å². The van der Waals surface area contributed by atoms with Crippen LogP contribution < -0.4 is 14.4 Å². The highest BCUT2D eigenvalue weighted by Crippen LogP contribution is 2.32. The number of methoxy groups -OCH3 is 1. The summed E-state index contributed by atoms with van der Waals surface area (Å²) in [4.78, 5) is 30.2. The van der Waals surface area contributed by atoms with E-state index in [0.29, 0.717) is 16.3 Å². The molecule has 1 fully saturated rings. The van der Waals surface area contributed by atoms with Crippen LogP contribution >= 0.6 is 23.2 Å². The van der Waals surface area contributed by atoms with Crippen molar-refractivity contribution in [2.24, 2.45) is 0 Å². The van der Waals surface area contributed by atoms with Crippen LogP contribution in [-0.4, -0.2) is 50.9 Å². The first-order valence-corrected chi connectivity index (χ1v) is 17.6. The summed E-state index contributed by atoms with van der Waals surface area (Å²) >= 11 is 12.8. The van der Waals surface area contributed by atoms with E-state index in [1.54, 1.807) is 42.5 Å². The number of nitrogens with zero attached hydrogens (tertiary/aromatic N) is 2. The number of amides is 2. The lowest BCUT2D eigenvalue weighted by Gasteiger charge is -2.34. The highest BCUT2D eigenvalue weighted by Gasteiger charge is 2.35. The quantitative estimate of drug-likeness (QED) is 0.164. The predicted molar refractivity (Wildman–Crippen MR) is 185 cm³/mol. The summed E-state index contributed by atoms with van der Waals surface area (Å²) in [6, 6.07) is 28.0. The molecule has 246 valence electrons. The number of carbonyl (C=O) groups is 2. The van der Waals surface area contributed by atoms with E-state index in [1.807, 2.05) is 36.4 Å². The molecule has 1 saturated carbocycles. The third-order valence-electron chi connectivity index (χ3n) is 8.25. The van der Waals surface area contributed by atoms with Gasteiger partial charge in [-0.25, -0.2) is 8.42 Å². The molecule has 8 nitrogen and oxygen atoms in total. The van der Waals surface area contributed by atoms with Crippen molar-refractivity contribution in [3.8, 4) is 5.75 Å². The number of carbonyl (C=O) groups excluding carboxylic acids is 2.